The summed E-state index contributed by atoms with van der Waals surface area (Å²) in [6, 6.07) is 7.76. The highest BCUT2D eigenvalue weighted by Crippen LogP contribution is 2.29. The number of carbonyl (C=O) groups is 2. The zero-order valence-corrected chi connectivity index (χ0v) is 19.9. The second-order valence-electron chi connectivity index (χ2n) is 9.20. The molecule has 11 heteroatoms. The summed E-state index contributed by atoms with van der Waals surface area (Å²) in [4.78, 5) is 37.9. The fourth-order valence-electron chi connectivity index (χ4n) is 5.16. The number of rotatable bonds is 3. The molecule has 3 fully saturated rings. The number of aliphatic imine (C=N–C) groups is 1. The van der Waals surface area contributed by atoms with Crippen molar-refractivity contribution in [3.63, 3.8) is 0 Å². The molecule has 0 spiro atoms. The topological polar surface area (TPSA) is 139 Å². The monoisotopic (exact) mass is 478 g/mol. The van der Waals surface area contributed by atoms with E-state index in [9.17, 15) is 14.8 Å². The van der Waals surface area contributed by atoms with Gasteiger partial charge in [0.2, 0.25) is 24.0 Å². The number of anilines is 1. The number of likely N-dealkylation sites (tertiary alicyclic amines) is 2. The summed E-state index contributed by atoms with van der Waals surface area (Å²) in [7, 11) is 0. The minimum atomic E-state index is -0.745. The third-order valence-corrected chi connectivity index (χ3v) is 7.21. The van der Waals surface area contributed by atoms with Crippen LogP contribution in [0.4, 0.5) is 5.69 Å². The molecule has 2 unspecified atom stereocenters. The first-order valence-electron chi connectivity index (χ1n) is 11.9. The lowest BCUT2D eigenvalue weighted by Crippen LogP contribution is -2.59. The average Bonchev–Trinajstić information content (AvgIpc) is 2.86. The molecule has 35 heavy (non-hydrogen) atoms. The first kappa shape index (κ1) is 24.3. The number of guanidine groups is 1. The highest BCUT2D eigenvalue weighted by atomic mass is 16.5. The lowest BCUT2D eigenvalue weighted by Gasteiger charge is -2.45. The van der Waals surface area contributed by atoms with E-state index < -0.39 is 17.7 Å². The number of hydrogen-bond donors (Lipinski definition) is 2. The van der Waals surface area contributed by atoms with Crippen LogP contribution in [0.15, 0.2) is 23.2 Å². The molecular formula is C24H30N8O3. The summed E-state index contributed by atoms with van der Waals surface area (Å²) in [5.41, 5.74) is 4.43. The molecule has 11 nitrogen and oxygen atoms in total. The van der Waals surface area contributed by atoms with Crippen LogP contribution in [0.5, 0.6) is 0 Å². The molecule has 3 heterocycles. The third-order valence-electron chi connectivity index (χ3n) is 7.21. The minimum Gasteiger partial charge on any atom is -0.368 e. The first-order valence-corrected chi connectivity index (χ1v) is 11.9. The molecule has 184 valence electrons. The Morgan fingerprint density at radius 1 is 1.03 bits per heavy atom. The molecule has 0 aliphatic carbocycles. The largest absolute Gasteiger partial charge is 0.368 e. The molecule has 3 aliphatic rings. The maximum absolute atomic E-state index is 13.5. The van der Waals surface area contributed by atoms with Crippen LogP contribution in [0.2, 0.25) is 0 Å². The van der Waals surface area contributed by atoms with E-state index in [2.05, 4.69) is 16.0 Å². The molecule has 2 N–H and O–H groups in total. The molecular weight excluding hydrogens is 448 g/mol. The smallest absolute Gasteiger partial charge is 0.249 e. The summed E-state index contributed by atoms with van der Waals surface area (Å²) in [6.45, 7) is 6.67. The molecule has 0 aromatic heterocycles. The summed E-state index contributed by atoms with van der Waals surface area (Å²) in [5, 5.41) is 27.6. The second-order valence-corrected chi connectivity index (χ2v) is 9.20. The van der Waals surface area contributed by atoms with Gasteiger partial charge in [-0.05, 0) is 43.5 Å². The SMILES string of the molecule is Cc1cc(C#N)ccc1N1CCN(C(=O)C2CCN(C(=NC#N)N3CCC3)CC2C(=O)NO)CC1. The van der Waals surface area contributed by atoms with Crippen molar-refractivity contribution < 1.29 is 14.8 Å². The molecule has 0 bridgehead atoms. The zero-order chi connectivity index (χ0) is 24.9. The molecule has 4 rings (SSSR count). The Morgan fingerprint density at radius 2 is 1.77 bits per heavy atom. The Morgan fingerprint density at radius 3 is 2.34 bits per heavy atom. The Labute approximate surface area is 204 Å². The molecule has 1 aromatic rings. The van der Waals surface area contributed by atoms with Crippen molar-refractivity contribution >= 4 is 23.5 Å². The van der Waals surface area contributed by atoms with Gasteiger partial charge in [0.15, 0.2) is 0 Å². The molecule has 2 atom stereocenters. The molecule has 3 saturated heterocycles. The van der Waals surface area contributed by atoms with Crippen LogP contribution in [-0.4, -0.2) is 90.0 Å². The van der Waals surface area contributed by atoms with Crippen molar-refractivity contribution in [3.8, 4) is 12.3 Å². The van der Waals surface area contributed by atoms with E-state index in [0.717, 1.165) is 30.8 Å². The van der Waals surface area contributed by atoms with Crippen molar-refractivity contribution in [2.24, 2.45) is 16.8 Å². The maximum atomic E-state index is 13.5. The Bertz CT molecular complexity index is 1080. The summed E-state index contributed by atoms with van der Waals surface area (Å²) in [6.07, 6.45) is 3.30. The summed E-state index contributed by atoms with van der Waals surface area (Å²) >= 11 is 0. The van der Waals surface area contributed by atoms with E-state index in [4.69, 9.17) is 10.5 Å². The highest BCUT2D eigenvalue weighted by molar-refractivity contribution is 5.89. The summed E-state index contributed by atoms with van der Waals surface area (Å²) in [5.74, 6) is -1.45. The van der Waals surface area contributed by atoms with Gasteiger partial charge in [0, 0.05) is 58.0 Å². The molecule has 1 aromatic carbocycles. The number of nitriles is 2. The van der Waals surface area contributed by atoms with Crippen molar-refractivity contribution in [1.29, 1.82) is 10.5 Å². The second kappa shape index (κ2) is 10.6. The number of hydroxylamine groups is 1. The van der Waals surface area contributed by atoms with Gasteiger partial charge >= 0.3 is 0 Å². The van der Waals surface area contributed by atoms with E-state index in [1.54, 1.807) is 16.4 Å². The van der Waals surface area contributed by atoms with Gasteiger partial charge in [-0.1, -0.05) is 0 Å². The lowest BCUT2D eigenvalue weighted by molar-refractivity contribution is -0.147. The van der Waals surface area contributed by atoms with Gasteiger partial charge in [-0.15, -0.1) is 4.99 Å². The van der Waals surface area contributed by atoms with Crippen LogP contribution >= 0.6 is 0 Å². The number of piperazine rings is 1. The maximum Gasteiger partial charge on any atom is 0.249 e. The van der Waals surface area contributed by atoms with Crippen molar-refractivity contribution in [1.82, 2.24) is 20.2 Å². The highest BCUT2D eigenvalue weighted by Gasteiger charge is 2.42. The number of aryl methyl sites for hydroxylation is 1. The quantitative estimate of drug-likeness (QED) is 0.211. The van der Waals surface area contributed by atoms with E-state index in [-0.39, 0.29) is 12.5 Å². The predicted octanol–water partition coefficient (Wildman–Crippen LogP) is 0.502. The van der Waals surface area contributed by atoms with E-state index >= 15 is 0 Å². The Balaban J connectivity index is 1.42. The minimum absolute atomic E-state index is 0.0860. The lowest BCUT2D eigenvalue weighted by atomic mass is 9.83. The molecule has 0 saturated carbocycles. The van der Waals surface area contributed by atoms with E-state index in [0.29, 0.717) is 50.7 Å². The van der Waals surface area contributed by atoms with Crippen LogP contribution in [0.25, 0.3) is 0 Å². The van der Waals surface area contributed by atoms with Crippen molar-refractivity contribution in [3.05, 3.63) is 29.3 Å². The van der Waals surface area contributed by atoms with Gasteiger partial charge in [0.1, 0.15) is 0 Å². The van der Waals surface area contributed by atoms with Crippen LogP contribution in [0.1, 0.15) is 24.0 Å². The average molecular weight is 479 g/mol. The van der Waals surface area contributed by atoms with Crippen LogP contribution in [-0.2, 0) is 9.59 Å². The summed E-state index contributed by atoms with van der Waals surface area (Å²) < 4.78 is 0. The van der Waals surface area contributed by atoms with Crippen molar-refractivity contribution in [2.75, 3.05) is 57.3 Å². The number of hydrogen-bond acceptors (Lipinski definition) is 7. The van der Waals surface area contributed by atoms with Gasteiger partial charge in [-0.25, -0.2) is 5.48 Å². The molecule has 2 amide bonds. The Hall–Kier alpha value is -3.83. The third kappa shape index (κ3) is 5.00. The standard InChI is InChI=1S/C24H30N8O3/c1-17-13-18(14-25)3-4-21(17)29-9-11-30(12-10-29)23(34)19-5-8-32(15-20(19)22(33)28-35)24(27-16-26)31-6-2-7-31/h3-4,13,19-20,35H,2,5-12,15H2,1H3,(H,28,33). The van der Waals surface area contributed by atoms with Crippen LogP contribution < -0.4 is 10.4 Å². The molecule has 0 radical (unpaired) electrons. The zero-order valence-electron chi connectivity index (χ0n) is 19.9. The fourth-order valence-corrected chi connectivity index (χ4v) is 5.16. The number of amides is 2. The van der Waals surface area contributed by atoms with Gasteiger partial charge in [0.05, 0.1) is 23.5 Å². The van der Waals surface area contributed by atoms with Gasteiger partial charge in [0.25, 0.3) is 0 Å². The fraction of sp³-hybridized carbons (Fsp3) is 0.542. The van der Waals surface area contributed by atoms with Crippen LogP contribution in [0.3, 0.4) is 0 Å². The normalized spacial score (nSPS) is 22.7. The number of nitrogens with zero attached hydrogens (tertiary/aromatic N) is 7. The number of carbonyl (C=O) groups excluding carboxylic acids is 2. The van der Waals surface area contributed by atoms with Crippen LogP contribution in [0, 0.1) is 41.5 Å². The number of piperidine rings is 1. The van der Waals surface area contributed by atoms with E-state index in [1.165, 1.54) is 0 Å². The van der Waals surface area contributed by atoms with Gasteiger partial charge in [-0.3, -0.25) is 14.8 Å². The molecule has 3 aliphatic heterocycles. The first-order chi connectivity index (χ1) is 17.0. The number of benzene rings is 1. The Kier molecular flexibility index (Phi) is 7.37. The number of nitrogens with one attached hydrogen (secondary N) is 1. The predicted molar refractivity (Wildman–Crippen MR) is 127 cm³/mol. The van der Waals surface area contributed by atoms with E-state index in [1.807, 2.05) is 35.0 Å². The van der Waals surface area contributed by atoms with Gasteiger partial charge < -0.3 is 19.6 Å². The van der Waals surface area contributed by atoms with Gasteiger partial charge in [-0.2, -0.15) is 10.5 Å². The van der Waals surface area contributed by atoms with Crippen molar-refractivity contribution in [2.45, 2.75) is 19.8 Å².